The second-order valence-electron chi connectivity index (χ2n) is 7.81. The van der Waals surface area contributed by atoms with E-state index in [2.05, 4.69) is 4.98 Å². The predicted octanol–water partition coefficient (Wildman–Crippen LogP) is -1.14. The molecule has 0 aromatic carbocycles. The Balaban J connectivity index is 2.57. The molecule has 1 aromatic heterocycles. The summed E-state index contributed by atoms with van der Waals surface area (Å²) in [6.45, 7) is 9.71. The molecule has 24 heavy (non-hydrogen) atoms. The fourth-order valence-corrected chi connectivity index (χ4v) is 4.53. The first kappa shape index (κ1) is 19.1. The maximum absolute atomic E-state index is 12.3. The number of nitrogens with zero attached hydrogens (tertiary/aromatic N) is 1. The Morgan fingerprint density at radius 3 is 2.29 bits per heavy atom. The first-order valence-corrected chi connectivity index (χ1v) is 10.9. The standard InChI is InChI=1S/C15H26N2O6Si/c1-15(2,3)24(4,5)9-6-17(14(22)16-12(9)21)13-11(20)10(19)8(7-18)23-13/h6,8,10-11,13,18-20H,7H2,1-5H3,(H,16,21,22)/t8-,10-,11-,13-/m1/s1. The third kappa shape index (κ3) is 3.02. The van der Waals surface area contributed by atoms with Crippen LogP contribution in [0.15, 0.2) is 15.8 Å². The van der Waals surface area contributed by atoms with E-state index < -0.39 is 50.5 Å². The van der Waals surface area contributed by atoms with Crippen molar-refractivity contribution in [1.82, 2.24) is 9.55 Å². The van der Waals surface area contributed by atoms with E-state index in [0.29, 0.717) is 5.19 Å². The van der Waals surface area contributed by atoms with Crippen LogP contribution in [-0.2, 0) is 4.74 Å². The van der Waals surface area contributed by atoms with Crippen molar-refractivity contribution < 1.29 is 20.1 Å². The average molecular weight is 358 g/mol. The number of ether oxygens (including phenoxy) is 1. The van der Waals surface area contributed by atoms with Gasteiger partial charge in [-0.1, -0.05) is 33.9 Å². The number of nitrogens with one attached hydrogen (secondary N) is 1. The average Bonchev–Trinajstić information content (AvgIpc) is 2.73. The SMILES string of the molecule is CC(C)(C)[Si](C)(C)c1cn([C@@H]2O[C@H](CO)[C@@H](O)[C@H]2O)c(=O)[nH]c1=O. The summed E-state index contributed by atoms with van der Waals surface area (Å²) >= 11 is 0. The third-order valence-corrected chi connectivity index (χ3v) is 10.8. The summed E-state index contributed by atoms with van der Waals surface area (Å²) in [6.07, 6.45) is -3.41. The van der Waals surface area contributed by atoms with E-state index >= 15 is 0 Å². The minimum Gasteiger partial charge on any atom is -0.394 e. The Kier molecular flexibility index (Phi) is 4.95. The Morgan fingerprint density at radius 1 is 1.25 bits per heavy atom. The first-order chi connectivity index (χ1) is 10.9. The number of H-pyrrole nitrogens is 1. The van der Waals surface area contributed by atoms with Crippen LogP contribution < -0.4 is 16.4 Å². The molecule has 136 valence electrons. The minimum atomic E-state index is -2.25. The van der Waals surface area contributed by atoms with Gasteiger partial charge in [-0.2, -0.15) is 0 Å². The number of hydrogen-bond acceptors (Lipinski definition) is 6. The molecule has 0 bridgehead atoms. The van der Waals surface area contributed by atoms with Crippen LogP contribution in [0.2, 0.25) is 18.1 Å². The van der Waals surface area contributed by atoms with Crippen molar-refractivity contribution in [3.63, 3.8) is 0 Å². The van der Waals surface area contributed by atoms with Crippen molar-refractivity contribution in [3.8, 4) is 0 Å². The molecule has 4 N–H and O–H groups in total. The number of hydrogen-bond donors (Lipinski definition) is 4. The summed E-state index contributed by atoms with van der Waals surface area (Å²) < 4.78 is 6.50. The van der Waals surface area contributed by atoms with Gasteiger partial charge in [-0.05, 0) is 5.04 Å². The van der Waals surface area contributed by atoms with Gasteiger partial charge in [-0.25, -0.2) is 4.79 Å². The molecule has 0 aliphatic carbocycles. The van der Waals surface area contributed by atoms with Gasteiger partial charge in [0.05, 0.1) is 14.7 Å². The van der Waals surface area contributed by atoms with Crippen molar-refractivity contribution in [3.05, 3.63) is 27.0 Å². The lowest BCUT2D eigenvalue weighted by Gasteiger charge is -2.36. The van der Waals surface area contributed by atoms with Crippen LogP contribution in [0, 0.1) is 0 Å². The molecule has 0 radical (unpaired) electrons. The lowest BCUT2D eigenvalue weighted by Crippen LogP contribution is -2.59. The van der Waals surface area contributed by atoms with Gasteiger partial charge in [0.1, 0.15) is 18.3 Å². The zero-order valence-corrected chi connectivity index (χ0v) is 15.6. The van der Waals surface area contributed by atoms with Gasteiger partial charge in [-0.15, -0.1) is 0 Å². The van der Waals surface area contributed by atoms with Crippen molar-refractivity contribution in [2.45, 2.75) is 63.4 Å². The summed E-state index contributed by atoms with van der Waals surface area (Å²) in [5.41, 5.74) is -1.16. The lowest BCUT2D eigenvalue weighted by molar-refractivity contribution is -0.0549. The van der Waals surface area contributed by atoms with Crippen molar-refractivity contribution in [2.75, 3.05) is 6.61 Å². The minimum absolute atomic E-state index is 0.134. The molecule has 0 unspecified atom stereocenters. The zero-order valence-electron chi connectivity index (χ0n) is 14.6. The smallest absolute Gasteiger partial charge is 0.330 e. The molecular weight excluding hydrogens is 332 g/mol. The molecule has 2 heterocycles. The molecule has 0 amide bonds. The summed E-state index contributed by atoms with van der Waals surface area (Å²) in [6, 6.07) is 0. The maximum Gasteiger partial charge on any atom is 0.330 e. The fraction of sp³-hybridized carbons (Fsp3) is 0.733. The molecule has 1 aliphatic heterocycles. The molecule has 9 heteroatoms. The van der Waals surface area contributed by atoms with E-state index in [4.69, 9.17) is 4.74 Å². The molecule has 0 spiro atoms. The van der Waals surface area contributed by atoms with Gasteiger partial charge in [0.15, 0.2) is 6.23 Å². The second-order valence-corrected chi connectivity index (χ2v) is 13.1. The van der Waals surface area contributed by atoms with Gasteiger partial charge in [-0.3, -0.25) is 14.3 Å². The van der Waals surface area contributed by atoms with Crippen LogP contribution in [0.25, 0.3) is 0 Å². The summed E-state index contributed by atoms with van der Waals surface area (Å²) in [4.78, 5) is 26.8. The quantitative estimate of drug-likeness (QED) is 0.507. The number of rotatable bonds is 3. The van der Waals surface area contributed by atoms with E-state index in [0.717, 1.165) is 4.57 Å². The predicted molar refractivity (Wildman–Crippen MR) is 91.2 cm³/mol. The van der Waals surface area contributed by atoms with E-state index in [1.807, 2.05) is 33.9 Å². The van der Waals surface area contributed by atoms with Crippen LogP contribution in [0.3, 0.4) is 0 Å². The van der Waals surface area contributed by atoms with Gasteiger partial charge < -0.3 is 20.1 Å². The Labute approximate surface area is 140 Å². The Hall–Kier alpha value is -1.26. The number of aromatic nitrogens is 2. The van der Waals surface area contributed by atoms with E-state index in [1.54, 1.807) is 0 Å². The number of aromatic amines is 1. The molecule has 4 atom stereocenters. The monoisotopic (exact) mass is 358 g/mol. The Bertz CT molecular complexity index is 720. The van der Waals surface area contributed by atoms with Crippen LogP contribution in [0.5, 0.6) is 0 Å². The van der Waals surface area contributed by atoms with Crippen LogP contribution in [-0.4, -0.2) is 57.9 Å². The molecule has 2 rings (SSSR count). The molecule has 8 nitrogen and oxygen atoms in total. The summed E-state index contributed by atoms with van der Waals surface area (Å²) in [5.74, 6) is 0. The van der Waals surface area contributed by atoms with Crippen LogP contribution in [0.4, 0.5) is 0 Å². The highest BCUT2D eigenvalue weighted by atomic mass is 28.3. The second kappa shape index (κ2) is 6.23. The van der Waals surface area contributed by atoms with E-state index in [9.17, 15) is 24.9 Å². The van der Waals surface area contributed by atoms with Crippen molar-refractivity contribution in [1.29, 1.82) is 0 Å². The highest BCUT2D eigenvalue weighted by molar-refractivity contribution is 6.91. The van der Waals surface area contributed by atoms with E-state index in [-0.39, 0.29) is 5.04 Å². The van der Waals surface area contributed by atoms with Gasteiger partial charge in [0, 0.05) is 11.4 Å². The molecular formula is C15H26N2O6Si. The van der Waals surface area contributed by atoms with Crippen molar-refractivity contribution in [2.24, 2.45) is 0 Å². The normalized spacial score (nSPS) is 28.3. The zero-order chi connectivity index (χ0) is 18.4. The van der Waals surface area contributed by atoms with Crippen LogP contribution >= 0.6 is 0 Å². The van der Waals surface area contributed by atoms with E-state index in [1.165, 1.54) is 6.20 Å². The van der Waals surface area contributed by atoms with Gasteiger partial charge >= 0.3 is 5.69 Å². The molecule has 1 aliphatic rings. The summed E-state index contributed by atoms with van der Waals surface area (Å²) in [7, 11) is -2.25. The molecule has 1 saturated heterocycles. The van der Waals surface area contributed by atoms with Gasteiger partial charge in [0.2, 0.25) is 0 Å². The number of aliphatic hydroxyl groups is 3. The van der Waals surface area contributed by atoms with Crippen molar-refractivity contribution >= 4 is 13.3 Å². The Morgan fingerprint density at radius 2 is 1.83 bits per heavy atom. The first-order valence-electron chi connectivity index (χ1n) is 7.90. The van der Waals surface area contributed by atoms with Gasteiger partial charge in [0.25, 0.3) is 5.56 Å². The summed E-state index contributed by atoms with van der Waals surface area (Å²) in [5, 5.41) is 29.6. The highest BCUT2D eigenvalue weighted by Gasteiger charge is 2.45. The largest absolute Gasteiger partial charge is 0.394 e. The lowest BCUT2D eigenvalue weighted by atomic mass is 10.1. The topological polar surface area (TPSA) is 125 Å². The number of aliphatic hydroxyl groups excluding tert-OH is 3. The fourth-order valence-electron chi connectivity index (χ4n) is 2.63. The molecule has 1 aromatic rings. The molecule has 1 fully saturated rings. The highest BCUT2D eigenvalue weighted by Crippen LogP contribution is 2.35. The van der Waals surface area contributed by atoms with Crippen LogP contribution in [0.1, 0.15) is 27.0 Å². The molecule has 0 saturated carbocycles. The maximum atomic E-state index is 12.3. The third-order valence-electron chi connectivity index (χ3n) is 5.31.